The number of nitrogens with zero attached hydrogens (tertiary/aromatic N) is 2. The molecule has 0 fully saturated rings. The molecule has 5 nitrogen and oxygen atoms in total. The molecule has 0 heterocycles. The summed E-state index contributed by atoms with van der Waals surface area (Å²) in [4.78, 5) is 17.0. The van der Waals surface area contributed by atoms with Crippen molar-refractivity contribution in [3.63, 3.8) is 0 Å². The van der Waals surface area contributed by atoms with Gasteiger partial charge < -0.3 is 20.4 Å². The van der Waals surface area contributed by atoms with Gasteiger partial charge in [0.1, 0.15) is 0 Å². The lowest BCUT2D eigenvalue weighted by Crippen LogP contribution is -2.28. The Morgan fingerprint density at radius 1 is 1.00 bits per heavy atom. The number of para-hydroxylation sites is 1. The molecule has 5 heteroatoms. The fraction of sp³-hybridized carbons (Fsp3) is 0.435. The summed E-state index contributed by atoms with van der Waals surface area (Å²) in [6.45, 7) is 1.95. The maximum atomic E-state index is 12.5. The van der Waals surface area contributed by atoms with E-state index < -0.39 is 0 Å². The van der Waals surface area contributed by atoms with Crippen LogP contribution in [0.3, 0.4) is 0 Å². The number of carbonyl (C=O) groups excluding carboxylic acids is 1. The lowest BCUT2D eigenvalue weighted by Gasteiger charge is -2.30. The highest BCUT2D eigenvalue weighted by atomic mass is 16.2. The number of hydrogen-bond acceptors (Lipinski definition) is 3. The molecule has 28 heavy (non-hydrogen) atoms. The molecule has 1 aliphatic carbocycles. The molecule has 3 rings (SSSR count). The van der Waals surface area contributed by atoms with Crippen molar-refractivity contribution in [2.24, 2.45) is 5.92 Å². The standard InChI is InChI=1S/C23H32N4O/c1-26(2)15-17-10-12-20-18(14-17)11-13-22(21(20)16-27(3)4)25-23(28)24-19-8-6-5-7-9-19/h5-9,11,13,17H,10,12,14-16H2,1-4H3,(H2,24,25,28). The second-order valence-corrected chi connectivity index (χ2v) is 8.28. The monoisotopic (exact) mass is 380 g/mol. The van der Waals surface area contributed by atoms with E-state index in [9.17, 15) is 4.79 Å². The smallest absolute Gasteiger partial charge is 0.309 e. The van der Waals surface area contributed by atoms with Gasteiger partial charge in [-0.15, -0.1) is 0 Å². The zero-order chi connectivity index (χ0) is 20.1. The van der Waals surface area contributed by atoms with Crippen molar-refractivity contribution < 1.29 is 4.79 Å². The van der Waals surface area contributed by atoms with E-state index in [2.05, 4.69) is 60.8 Å². The molecule has 0 spiro atoms. The lowest BCUT2D eigenvalue weighted by molar-refractivity contribution is 0.262. The molecule has 2 aromatic carbocycles. The number of hydrogen-bond donors (Lipinski definition) is 2. The molecular formula is C23H32N4O. The summed E-state index contributed by atoms with van der Waals surface area (Å²) >= 11 is 0. The quantitative estimate of drug-likeness (QED) is 0.794. The molecule has 0 saturated carbocycles. The zero-order valence-corrected chi connectivity index (χ0v) is 17.5. The normalized spacial score (nSPS) is 16.1. The number of anilines is 2. The molecule has 2 aromatic rings. The molecule has 0 saturated heterocycles. The molecule has 0 radical (unpaired) electrons. The Morgan fingerprint density at radius 2 is 1.75 bits per heavy atom. The first-order valence-electron chi connectivity index (χ1n) is 9.98. The first-order chi connectivity index (χ1) is 13.4. The fourth-order valence-corrected chi connectivity index (χ4v) is 4.10. The number of nitrogens with one attached hydrogen (secondary N) is 2. The third-order valence-electron chi connectivity index (χ3n) is 5.22. The average molecular weight is 381 g/mol. The molecule has 2 N–H and O–H groups in total. The Hall–Kier alpha value is -2.37. The molecule has 2 amide bonds. The van der Waals surface area contributed by atoms with Gasteiger partial charge in [-0.25, -0.2) is 4.79 Å². The van der Waals surface area contributed by atoms with Gasteiger partial charge in [0.25, 0.3) is 0 Å². The van der Waals surface area contributed by atoms with Gasteiger partial charge in [0.2, 0.25) is 0 Å². The second kappa shape index (κ2) is 9.22. The third kappa shape index (κ3) is 5.33. The molecule has 1 aliphatic rings. The first kappa shape index (κ1) is 20.4. The van der Waals surface area contributed by atoms with Crippen LogP contribution in [0.1, 0.15) is 23.1 Å². The van der Waals surface area contributed by atoms with Gasteiger partial charge in [-0.05, 0) is 88.3 Å². The van der Waals surface area contributed by atoms with Crippen molar-refractivity contribution in [3.8, 4) is 0 Å². The van der Waals surface area contributed by atoms with Gasteiger partial charge >= 0.3 is 6.03 Å². The van der Waals surface area contributed by atoms with Crippen LogP contribution in [0, 0.1) is 5.92 Å². The van der Waals surface area contributed by atoms with E-state index in [0.717, 1.165) is 37.3 Å². The summed E-state index contributed by atoms with van der Waals surface area (Å²) in [6, 6.07) is 13.6. The van der Waals surface area contributed by atoms with Gasteiger partial charge in [0.15, 0.2) is 0 Å². The van der Waals surface area contributed by atoms with E-state index in [-0.39, 0.29) is 6.03 Å². The van der Waals surface area contributed by atoms with Crippen LogP contribution < -0.4 is 10.6 Å². The Balaban J connectivity index is 1.80. The molecule has 1 atom stereocenters. The number of fused-ring (bicyclic) bond motifs is 1. The van der Waals surface area contributed by atoms with E-state index in [1.165, 1.54) is 23.1 Å². The van der Waals surface area contributed by atoms with Crippen molar-refractivity contribution >= 4 is 17.4 Å². The summed E-state index contributed by atoms with van der Waals surface area (Å²) < 4.78 is 0. The fourth-order valence-electron chi connectivity index (χ4n) is 4.10. The number of amides is 2. The number of carbonyl (C=O) groups is 1. The van der Waals surface area contributed by atoms with Crippen molar-refractivity contribution in [2.75, 3.05) is 45.4 Å². The van der Waals surface area contributed by atoms with Gasteiger partial charge in [0.05, 0.1) is 0 Å². The van der Waals surface area contributed by atoms with Crippen molar-refractivity contribution in [3.05, 3.63) is 59.2 Å². The van der Waals surface area contributed by atoms with Gasteiger partial charge in [-0.2, -0.15) is 0 Å². The van der Waals surface area contributed by atoms with Crippen LogP contribution in [0.5, 0.6) is 0 Å². The largest absolute Gasteiger partial charge is 0.323 e. The Labute approximate surface area is 168 Å². The van der Waals surface area contributed by atoms with Crippen LogP contribution in [0.2, 0.25) is 0 Å². The molecule has 0 aliphatic heterocycles. The Kier molecular flexibility index (Phi) is 6.70. The summed E-state index contributed by atoms with van der Waals surface area (Å²) in [7, 11) is 8.44. The molecule has 0 aromatic heterocycles. The highest BCUT2D eigenvalue weighted by molar-refractivity contribution is 6.00. The van der Waals surface area contributed by atoms with Crippen LogP contribution in [-0.2, 0) is 19.4 Å². The third-order valence-corrected chi connectivity index (χ3v) is 5.22. The molecule has 150 valence electrons. The topological polar surface area (TPSA) is 47.6 Å². The summed E-state index contributed by atoms with van der Waals surface area (Å²) in [5.41, 5.74) is 5.80. The summed E-state index contributed by atoms with van der Waals surface area (Å²) in [6.07, 6.45) is 3.39. The van der Waals surface area contributed by atoms with Gasteiger partial charge in [-0.1, -0.05) is 24.3 Å². The van der Waals surface area contributed by atoms with Crippen molar-refractivity contribution in [1.82, 2.24) is 9.80 Å². The zero-order valence-electron chi connectivity index (χ0n) is 17.5. The van der Waals surface area contributed by atoms with Gasteiger partial charge in [0, 0.05) is 24.5 Å². The van der Waals surface area contributed by atoms with Crippen LogP contribution in [0.25, 0.3) is 0 Å². The Morgan fingerprint density at radius 3 is 2.43 bits per heavy atom. The van der Waals surface area contributed by atoms with Gasteiger partial charge in [-0.3, -0.25) is 0 Å². The van der Waals surface area contributed by atoms with Crippen LogP contribution in [0.15, 0.2) is 42.5 Å². The van der Waals surface area contributed by atoms with Crippen LogP contribution >= 0.6 is 0 Å². The average Bonchev–Trinajstić information content (AvgIpc) is 2.63. The summed E-state index contributed by atoms with van der Waals surface area (Å²) in [5, 5.41) is 5.98. The van der Waals surface area contributed by atoms with Crippen molar-refractivity contribution in [1.29, 1.82) is 0 Å². The minimum absolute atomic E-state index is 0.201. The maximum absolute atomic E-state index is 12.5. The highest BCUT2D eigenvalue weighted by Crippen LogP contribution is 2.33. The number of benzene rings is 2. The Bertz CT molecular complexity index is 802. The number of rotatable bonds is 6. The maximum Gasteiger partial charge on any atom is 0.323 e. The van der Waals surface area contributed by atoms with E-state index in [1.54, 1.807) is 0 Å². The minimum atomic E-state index is -0.201. The molecule has 0 bridgehead atoms. The minimum Gasteiger partial charge on any atom is -0.309 e. The van der Waals surface area contributed by atoms with E-state index in [1.807, 2.05) is 30.3 Å². The first-order valence-corrected chi connectivity index (χ1v) is 9.98. The van der Waals surface area contributed by atoms with E-state index in [0.29, 0.717) is 5.92 Å². The number of urea groups is 1. The summed E-state index contributed by atoms with van der Waals surface area (Å²) in [5.74, 6) is 0.704. The molecular weight excluding hydrogens is 348 g/mol. The van der Waals surface area contributed by atoms with Crippen molar-refractivity contribution in [2.45, 2.75) is 25.8 Å². The second-order valence-electron chi connectivity index (χ2n) is 8.28. The highest BCUT2D eigenvalue weighted by Gasteiger charge is 2.23. The predicted molar refractivity (Wildman–Crippen MR) is 117 cm³/mol. The molecule has 1 unspecified atom stereocenters. The SMILES string of the molecule is CN(C)Cc1c(NC(=O)Nc2ccccc2)ccc2c1CCC(CN(C)C)C2. The van der Waals surface area contributed by atoms with Crippen LogP contribution in [-0.4, -0.2) is 50.6 Å². The lowest BCUT2D eigenvalue weighted by atomic mass is 9.81. The van der Waals surface area contributed by atoms with E-state index >= 15 is 0 Å². The van der Waals surface area contributed by atoms with E-state index in [4.69, 9.17) is 0 Å². The predicted octanol–water partition coefficient (Wildman–Crippen LogP) is 4.06. The van der Waals surface area contributed by atoms with Crippen LogP contribution in [0.4, 0.5) is 16.2 Å².